The molecule has 0 fully saturated rings. The Morgan fingerprint density at radius 3 is 1.70 bits per heavy atom. The molecule has 2 heteroatoms. The topological polar surface area (TPSA) is 19.7 Å². The van der Waals surface area contributed by atoms with Crippen LogP contribution in [0.4, 0.5) is 0 Å². The lowest BCUT2D eigenvalue weighted by Gasteiger charge is -2.17. The first-order valence-electron chi connectivity index (χ1n) is 13.8. The fraction of sp³-hybridized carbons (Fsp3) is 0.893. The quantitative estimate of drug-likeness (QED) is 0.151. The number of unbranched alkanes of at least 4 members (excludes halogenated alkanes) is 13. The third-order valence-corrected chi connectivity index (χ3v) is 6.89. The van der Waals surface area contributed by atoms with E-state index in [2.05, 4.69) is 49.6 Å². The molecule has 0 aliphatic rings. The van der Waals surface area contributed by atoms with Crippen LogP contribution in [0.1, 0.15) is 167 Å². The van der Waals surface area contributed by atoms with Crippen LogP contribution in [-0.2, 0) is 0 Å². The van der Waals surface area contributed by atoms with Gasteiger partial charge in [0.25, 0.3) is 5.82 Å². The monoisotopic (exact) mass is 419 g/mol. The van der Waals surface area contributed by atoms with Crippen molar-refractivity contribution in [1.82, 2.24) is 4.98 Å². The molecule has 0 amide bonds. The molecule has 2 atom stereocenters. The van der Waals surface area contributed by atoms with Crippen molar-refractivity contribution in [3.63, 3.8) is 0 Å². The highest BCUT2D eigenvalue weighted by molar-refractivity contribution is 4.90. The Hall–Kier alpha value is -0.790. The van der Waals surface area contributed by atoms with Crippen LogP contribution in [0.5, 0.6) is 0 Å². The van der Waals surface area contributed by atoms with Crippen LogP contribution in [0.25, 0.3) is 0 Å². The second-order valence-corrected chi connectivity index (χ2v) is 9.76. The van der Waals surface area contributed by atoms with E-state index in [9.17, 15) is 0 Å². The fourth-order valence-electron chi connectivity index (χ4n) is 4.82. The largest absolute Gasteiger partial charge is 0.257 e. The Kier molecular flexibility index (Phi) is 17.2. The predicted molar refractivity (Wildman–Crippen MR) is 133 cm³/mol. The molecule has 1 aromatic rings. The average Bonchev–Trinajstić information content (AvgIpc) is 3.24. The fourth-order valence-corrected chi connectivity index (χ4v) is 4.82. The molecule has 30 heavy (non-hydrogen) atoms. The van der Waals surface area contributed by atoms with Gasteiger partial charge in [0.2, 0.25) is 0 Å². The van der Waals surface area contributed by atoms with Crippen LogP contribution in [0.15, 0.2) is 12.4 Å². The van der Waals surface area contributed by atoms with Gasteiger partial charge in [0, 0.05) is 0 Å². The van der Waals surface area contributed by atoms with Crippen LogP contribution >= 0.6 is 0 Å². The summed E-state index contributed by atoms with van der Waals surface area (Å²) < 4.78 is 2.57. The van der Waals surface area contributed by atoms with Gasteiger partial charge in [-0.1, -0.05) is 117 Å². The summed E-state index contributed by atoms with van der Waals surface area (Å²) in [5.41, 5.74) is 0. The van der Waals surface area contributed by atoms with Crippen LogP contribution in [-0.4, -0.2) is 4.98 Å². The Labute approximate surface area is 189 Å². The molecule has 0 aromatic carbocycles. The van der Waals surface area contributed by atoms with Crippen molar-refractivity contribution in [3.8, 4) is 0 Å². The molecule has 2 nitrogen and oxygen atoms in total. The van der Waals surface area contributed by atoms with Crippen molar-refractivity contribution >= 4 is 0 Å². The average molecular weight is 420 g/mol. The Morgan fingerprint density at radius 1 is 0.633 bits per heavy atom. The zero-order valence-corrected chi connectivity index (χ0v) is 21.2. The maximum absolute atomic E-state index is 3.63. The molecule has 176 valence electrons. The van der Waals surface area contributed by atoms with E-state index in [-0.39, 0.29) is 0 Å². The first-order valence-corrected chi connectivity index (χ1v) is 13.8. The van der Waals surface area contributed by atoms with Crippen LogP contribution in [0.3, 0.4) is 0 Å². The molecule has 1 rings (SSSR count). The van der Waals surface area contributed by atoms with Gasteiger partial charge in [-0.15, -0.1) is 0 Å². The molecule has 0 bridgehead atoms. The lowest BCUT2D eigenvalue weighted by atomic mass is 9.94. The Balaban J connectivity index is 2.28. The summed E-state index contributed by atoms with van der Waals surface area (Å²) >= 11 is 0. The van der Waals surface area contributed by atoms with Gasteiger partial charge in [0.15, 0.2) is 0 Å². The third-order valence-electron chi connectivity index (χ3n) is 6.89. The standard InChI is InChI=1S/C28H54N2/c1-5-8-11-12-13-14-15-16-17-18-20-21-26(4)30-25-24-29-28(30)27(22-10-7-3)23-19-9-6-2/h24-27H,5-23H2,1-4H3/p+1. The van der Waals surface area contributed by atoms with Crippen LogP contribution in [0.2, 0.25) is 0 Å². The van der Waals surface area contributed by atoms with E-state index in [1.165, 1.54) is 128 Å². The molecule has 0 saturated carbocycles. The highest BCUT2D eigenvalue weighted by Crippen LogP contribution is 2.26. The molecule has 0 radical (unpaired) electrons. The maximum Gasteiger partial charge on any atom is 0.257 e. The summed E-state index contributed by atoms with van der Waals surface area (Å²) in [5.74, 6) is 2.21. The zero-order chi connectivity index (χ0) is 21.9. The minimum atomic E-state index is 0.625. The predicted octanol–water partition coefficient (Wildman–Crippen LogP) is 9.42. The second-order valence-electron chi connectivity index (χ2n) is 9.76. The van der Waals surface area contributed by atoms with Gasteiger partial charge < -0.3 is 0 Å². The molecule has 0 saturated heterocycles. The number of nitrogens with one attached hydrogen (secondary N) is 1. The van der Waals surface area contributed by atoms with Gasteiger partial charge in [-0.05, 0) is 32.6 Å². The second kappa shape index (κ2) is 18.9. The molecule has 2 unspecified atom stereocenters. The number of aromatic amines is 1. The number of H-pyrrole nitrogens is 1. The molecule has 1 N–H and O–H groups in total. The number of imidazole rings is 1. The van der Waals surface area contributed by atoms with Gasteiger partial charge >= 0.3 is 0 Å². The molecule has 0 spiro atoms. The van der Waals surface area contributed by atoms with E-state index < -0.39 is 0 Å². The minimum absolute atomic E-state index is 0.625. The van der Waals surface area contributed by atoms with Gasteiger partial charge in [-0.2, -0.15) is 0 Å². The Morgan fingerprint density at radius 2 is 1.10 bits per heavy atom. The summed E-state index contributed by atoms with van der Waals surface area (Å²) in [5, 5.41) is 0. The minimum Gasteiger partial charge on any atom is -0.247 e. The molecule has 1 heterocycles. The zero-order valence-electron chi connectivity index (χ0n) is 21.2. The number of nitrogens with zero attached hydrogens (tertiary/aromatic N) is 1. The molecule has 0 aliphatic carbocycles. The highest BCUT2D eigenvalue weighted by atomic mass is 15.1. The summed E-state index contributed by atoms with van der Waals surface area (Å²) in [7, 11) is 0. The van der Waals surface area contributed by atoms with E-state index in [1.807, 2.05) is 0 Å². The number of rotatable bonds is 21. The van der Waals surface area contributed by atoms with E-state index in [1.54, 1.807) is 0 Å². The first kappa shape index (κ1) is 27.2. The van der Waals surface area contributed by atoms with Crippen molar-refractivity contribution in [2.75, 3.05) is 0 Å². The van der Waals surface area contributed by atoms with Gasteiger partial charge in [-0.25, -0.2) is 9.55 Å². The van der Waals surface area contributed by atoms with Crippen molar-refractivity contribution < 1.29 is 4.57 Å². The smallest absolute Gasteiger partial charge is 0.247 e. The van der Waals surface area contributed by atoms with Gasteiger partial charge in [0.05, 0.1) is 12.0 Å². The van der Waals surface area contributed by atoms with E-state index in [0.717, 1.165) is 0 Å². The summed E-state index contributed by atoms with van der Waals surface area (Å²) in [6.45, 7) is 9.36. The van der Waals surface area contributed by atoms with Crippen molar-refractivity contribution in [3.05, 3.63) is 18.2 Å². The Bertz CT molecular complexity index is 479. The maximum atomic E-state index is 3.63. The van der Waals surface area contributed by atoms with Crippen molar-refractivity contribution in [1.29, 1.82) is 0 Å². The van der Waals surface area contributed by atoms with Crippen LogP contribution < -0.4 is 4.57 Å². The van der Waals surface area contributed by atoms with Gasteiger partial charge in [0.1, 0.15) is 12.4 Å². The third kappa shape index (κ3) is 12.2. The number of hydrogen-bond donors (Lipinski definition) is 1. The van der Waals surface area contributed by atoms with E-state index >= 15 is 0 Å². The molecular weight excluding hydrogens is 364 g/mol. The lowest BCUT2D eigenvalue weighted by molar-refractivity contribution is -0.727. The van der Waals surface area contributed by atoms with Crippen molar-refractivity contribution in [2.24, 2.45) is 0 Å². The van der Waals surface area contributed by atoms with Crippen molar-refractivity contribution in [2.45, 2.75) is 162 Å². The molecule has 1 aromatic heterocycles. The number of hydrogen-bond acceptors (Lipinski definition) is 0. The van der Waals surface area contributed by atoms with E-state index in [4.69, 9.17) is 0 Å². The number of aromatic nitrogens is 2. The highest BCUT2D eigenvalue weighted by Gasteiger charge is 2.25. The normalized spacial score (nSPS) is 13.6. The molecular formula is C28H55N2+. The molecule has 0 aliphatic heterocycles. The first-order chi connectivity index (χ1) is 14.7. The SMILES string of the molecule is CCCCCCCCCCCCCC(C)[n+]1cc[nH]c1C(CCCC)CCCCC. The summed E-state index contributed by atoms with van der Waals surface area (Å²) in [6.07, 6.45) is 30.9. The summed E-state index contributed by atoms with van der Waals surface area (Å²) in [4.78, 5) is 3.63. The summed E-state index contributed by atoms with van der Waals surface area (Å²) in [6, 6.07) is 0.625. The van der Waals surface area contributed by atoms with Gasteiger partial charge in [-0.3, -0.25) is 0 Å². The lowest BCUT2D eigenvalue weighted by Crippen LogP contribution is -2.41. The van der Waals surface area contributed by atoms with Crippen LogP contribution in [0, 0.1) is 0 Å². The van der Waals surface area contributed by atoms with E-state index in [0.29, 0.717) is 12.0 Å².